The molecule has 1 aromatic carbocycles. The van der Waals surface area contributed by atoms with Crippen LogP contribution in [-0.4, -0.2) is 42.1 Å². The summed E-state index contributed by atoms with van der Waals surface area (Å²) in [4.78, 5) is 23.4. The molecule has 2 aromatic rings. The van der Waals surface area contributed by atoms with Gasteiger partial charge in [-0.2, -0.15) is 4.98 Å². The third-order valence-electron chi connectivity index (χ3n) is 5.86. The second kappa shape index (κ2) is 8.17. The van der Waals surface area contributed by atoms with E-state index in [9.17, 15) is 4.79 Å². The monoisotopic (exact) mass is 379 g/mol. The molecule has 0 unspecified atom stereocenters. The van der Waals surface area contributed by atoms with Crippen LogP contribution in [0.2, 0.25) is 0 Å². The van der Waals surface area contributed by atoms with Crippen molar-refractivity contribution in [3.8, 4) is 0 Å². The van der Waals surface area contributed by atoms with E-state index in [2.05, 4.69) is 44.9 Å². The molecule has 0 aliphatic heterocycles. The van der Waals surface area contributed by atoms with Crippen LogP contribution in [0.15, 0.2) is 42.6 Å². The van der Waals surface area contributed by atoms with Crippen LogP contribution in [0.1, 0.15) is 43.6 Å². The third kappa shape index (κ3) is 4.43. The van der Waals surface area contributed by atoms with E-state index in [4.69, 9.17) is 0 Å². The van der Waals surface area contributed by atoms with Gasteiger partial charge in [-0.1, -0.05) is 30.3 Å². The highest BCUT2D eigenvalue weighted by molar-refractivity contribution is 5.83. The van der Waals surface area contributed by atoms with Crippen LogP contribution in [0.3, 0.4) is 0 Å². The Labute approximate surface area is 166 Å². The van der Waals surface area contributed by atoms with Gasteiger partial charge in [-0.25, -0.2) is 4.98 Å². The molecule has 6 heteroatoms. The lowest BCUT2D eigenvalue weighted by molar-refractivity contribution is -0.123. The molecular formula is C22H29N5O. The molecule has 0 spiro atoms. The van der Waals surface area contributed by atoms with Crippen molar-refractivity contribution in [2.45, 2.75) is 50.1 Å². The SMILES string of the molecule is CN(C)c1ccnc(NC2CCC(NC(=O)[C@H]3C[C@H]3c3ccccc3)CC2)n1. The molecule has 1 amide bonds. The average molecular weight is 380 g/mol. The van der Waals surface area contributed by atoms with Gasteiger partial charge in [0, 0.05) is 38.3 Å². The maximum absolute atomic E-state index is 12.6. The van der Waals surface area contributed by atoms with Crippen molar-refractivity contribution >= 4 is 17.7 Å². The summed E-state index contributed by atoms with van der Waals surface area (Å²) in [5.74, 6) is 2.37. The second-order valence-corrected chi connectivity index (χ2v) is 8.19. The topological polar surface area (TPSA) is 70.2 Å². The predicted molar refractivity (Wildman–Crippen MR) is 111 cm³/mol. The van der Waals surface area contributed by atoms with Crippen LogP contribution in [0.5, 0.6) is 0 Å². The van der Waals surface area contributed by atoms with Crippen LogP contribution in [0, 0.1) is 5.92 Å². The molecule has 0 bridgehead atoms. The Hall–Kier alpha value is -2.63. The summed E-state index contributed by atoms with van der Waals surface area (Å²) in [5.41, 5.74) is 1.29. The minimum Gasteiger partial charge on any atom is -0.363 e. The largest absolute Gasteiger partial charge is 0.363 e. The van der Waals surface area contributed by atoms with Crippen LogP contribution in [-0.2, 0) is 4.79 Å². The zero-order valence-corrected chi connectivity index (χ0v) is 16.6. The second-order valence-electron chi connectivity index (χ2n) is 8.19. The van der Waals surface area contributed by atoms with Gasteiger partial charge in [-0.15, -0.1) is 0 Å². The molecule has 2 atom stereocenters. The maximum atomic E-state index is 12.6. The van der Waals surface area contributed by atoms with Gasteiger partial charge in [0.25, 0.3) is 0 Å². The molecule has 2 aliphatic rings. The first-order valence-electron chi connectivity index (χ1n) is 10.2. The Morgan fingerprint density at radius 3 is 2.46 bits per heavy atom. The fourth-order valence-corrected chi connectivity index (χ4v) is 4.09. The van der Waals surface area contributed by atoms with E-state index in [0.29, 0.717) is 17.9 Å². The number of aromatic nitrogens is 2. The van der Waals surface area contributed by atoms with Gasteiger partial charge in [-0.3, -0.25) is 4.79 Å². The molecule has 28 heavy (non-hydrogen) atoms. The number of anilines is 2. The summed E-state index contributed by atoms with van der Waals surface area (Å²) in [6.07, 6.45) is 6.81. The molecule has 2 saturated carbocycles. The fourth-order valence-electron chi connectivity index (χ4n) is 4.09. The molecule has 6 nitrogen and oxygen atoms in total. The minimum atomic E-state index is 0.153. The Balaban J connectivity index is 1.23. The minimum absolute atomic E-state index is 0.153. The van der Waals surface area contributed by atoms with E-state index in [1.165, 1.54) is 5.56 Å². The summed E-state index contributed by atoms with van der Waals surface area (Å²) in [5, 5.41) is 6.74. The van der Waals surface area contributed by atoms with Crippen LogP contribution in [0.25, 0.3) is 0 Å². The van der Waals surface area contributed by atoms with Gasteiger partial charge in [0.05, 0.1) is 0 Å². The number of hydrogen-bond acceptors (Lipinski definition) is 5. The predicted octanol–water partition coefficient (Wildman–Crippen LogP) is 3.19. The number of nitrogens with one attached hydrogen (secondary N) is 2. The summed E-state index contributed by atoms with van der Waals surface area (Å²) < 4.78 is 0. The van der Waals surface area contributed by atoms with Gasteiger partial charge in [-0.05, 0) is 49.7 Å². The molecule has 4 rings (SSSR count). The quantitative estimate of drug-likeness (QED) is 0.807. The number of rotatable bonds is 6. The number of benzene rings is 1. The van der Waals surface area contributed by atoms with Gasteiger partial charge >= 0.3 is 0 Å². The van der Waals surface area contributed by atoms with E-state index in [0.717, 1.165) is 37.9 Å². The fraction of sp³-hybridized carbons (Fsp3) is 0.500. The van der Waals surface area contributed by atoms with Gasteiger partial charge in [0.2, 0.25) is 11.9 Å². The molecule has 2 fully saturated rings. The van der Waals surface area contributed by atoms with E-state index >= 15 is 0 Å². The zero-order chi connectivity index (χ0) is 19.5. The van der Waals surface area contributed by atoms with E-state index in [-0.39, 0.29) is 17.9 Å². The van der Waals surface area contributed by atoms with Crippen molar-refractivity contribution in [3.05, 3.63) is 48.2 Å². The van der Waals surface area contributed by atoms with E-state index in [1.807, 2.05) is 31.1 Å². The molecule has 1 heterocycles. The van der Waals surface area contributed by atoms with E-state index < -0.39 is 0 Å². The summed E-state index contributed by atoms with van der Waals surface area (Å²) >= 11 is 0. The van der Waals surface area contributed by atoms with Crippen molar-refractivity contribution in [2.75, 3.05) is 24.3 Å². The van der Waals surface area contributed by atoms with Crippen molar-refractivity contribution < 1.29 is 4.79 Å². The summed E-state index contributed by atoms with van der Waals surface area (Å²) in [6, 6.07) is 12.9. The standard InChI is InChI=1S/C22H29N5O/c1-27(2)20-12-13-23-22(26-20)25-17-10-8-16(9-11-17)24-21(28)19-14-18(19)15-6-4-3-5-7-15/h3-7,12-13,16-19H,8-11,14H2,1-2H3,(H,24,28)(H,23,25,26)/t16?,17?,18-,19-/m0/s1. The average Bonchev–Trinajstić information content (AvgIpc) is 3.51. The molecule has 0 saturated heterocycles. The van der Waals surface area contributed by atoms with Gasteiger partial charge in [0.15, 0.2) is 0 Å². The smallest absolute Gasteiger partial charge is 0.224 e. The van der Waals surface area contributed by atoms with Crippen LogP contribution in [0.4, 0.5) is 11.8 Å². The van der Waals surface area contributed by atoms with E-state index in [1.54, 1.807) is 6.20 Å². The molecular weight excluding hydrogens is 350 g/mol. The van der Waals surface area contributed by atoms with Gasteiger partial charge < -0.3 is 15.5 Å². The van der Waals surface area contributed by atoms with Crippen molar-refractivity contribution in [3.63, 3.8) is 0 Å². The Morgan fingerprint density at radius 1 is 1.04 bits per heavy atom. The van der Waals surface area contributed by atoms with Crippen molar-refractivity contribution in [1.29, 1.82) is 0 Å². The third-order valence-corrected chi connectivity index (χ3v) is 5.86. The number of amides is 1. The molecule has 2 N–H and O–H groups in total. The van der Waals surface area contributed by atoms with Crippen molar-refractivity contribution in [2.24, 2.45) is 5.92 Å². The Morgan fingerprint density at radius 2 is 1.75 bits per heavy atom. The number of nitrogens with zero attached hydrogens (tertiary/aromatic N) is 3. The molecule has 1 aromatic heterocycles. The first kappa shape index (κ1) is 18.7. The summed E-state index contributed by atoms with van der Waals surface area (Å²) in [6.45, 7) is 0. The molecule has 2 aliphatic carbocycles. The lowest BCUT2D eigenvalue weighted by Crippen LogP contribution is -2.41. The van der Waals surface area contributed by atoms with Crippen LogP contribution >= 0.6 is 0 Å². The lowest BCUT2D eigenvalue weighted by Gasteiger charge is -2.30. The number of carbonyl (C=O) groups excluding carboxylic acids is 1. The van der Waals surface area contributed by atoms with Crippen LogP contribution < -0.4 is 15.5 Å². The van der Waals surface area contributed by atoms with Gasteiger partial charge in [0.1, 0.15) is 5.82 Å². The highest BCUT2D eigenvalue weighted by atomic mass is 16.2. The summed E-state index contributed by atoms with van der Waals surface area (Å²) in [7, 11) is 3.95. The normalized spacial score (nSPS) is 26.4. The maximum Gasteiger partial charge on any atom is 0.224 e. The first-order valence-corrected chi connectivity index (χ1v) is 10.2. The highest BCUT2D eigenvalue weighted by Gasteiger charge is 2.44. The first-order chi connectivity index (χ1) is 13.6. The van der Waals surface area contributed by atoms with Crippen molar-refractivity contribution in [1.82, 2.24) is 15.3 Å². The number of hydrogen-bond donors (Lipinski definition) is 2. The highest BCUT2D eigenvalue weighted by Crippen LogP contribution is 2.47. The Bertz CT molecular complexity index is 802. The number of carbonyl (C=O) groups is 1. The lowest BCUT2D eigenvalue weighted by atomic mass is 9.91. The molecule has 0 radical (unpaired) electrons. The zero-order valence-electron chi connectivity index (χ0n) is 16.6. The molecule has 148 valence electrons. The Kier molecular flexibility index (Phi) is 5.46.